The van der Waals surface area contributed by atoms with Gasteiger partial charge in [-0.1, -0.05) is 6.07 Å². The van der Waals surface area contributed by atoms with E-state index in [0.29, 0.717) is 29.6 Å². The molecule has 9 nitrogen and oxygen atoms in total. The molecule has 1 heterocycles. The smallest absolute Gasteiger partial charge is 0.273 e. The summed E-state index contributed by atoms with van der Waals surface area (Å²) in [6.45, 7) is 2.25. The van der Waals surface area contributed by atoms with Crippen LogP contribution in [0.25, 0.3) is 0 Å². The van der Waals surface area contributed by atoms with Crippen molar-refractivity contribution >= 4 is 23.4 Å². The molecule has 1 amide bonds. The zero-order valence-electron chi connectivity index (χ0n) is 20.3. The number of rotatable bonds is 7. The van der Waals surface area contributed by atoms with Crippen molar-refractivity contribution in [2.24, 2.45) is 5.92 Å². The van der Waals surface area contributed by atoms with E-state index in [-0.39, 0.29) is 11.6 Å². The zero-order chi connectivity index (χ0) is 24.2. The first-order valence-corrected chi connectivity index (χ1v) is 12.2. The number of anilines is 2. The van der Waals surface area contributed by atoms with E-state index in [0.717, 1.165) is 50.3 Å². The van der Waals surface area contributed by atoms with Gasteiger partial charge in [-0.15, -0.1) is 0 Å². The monoisotopic (exact) mass is 466 g/mol. The van der Waals surface area contributed by atoms with Crippen LogP contribution in [0.5, 0.6) is 0 Å². The SMILES string of the molecule is Cc1ccc(C(=O)NC[C@H]2CC[C@@H](Nc3nc4c(c(N(C)C)n3)CCCC4)CC2)cc1[N+](=O)[O-]. The van der Waals surface area contributed by atoms with Gasteiger partial charge in [0.05, 0.1) is 10.6 Å². The van der Waals surface area contributed by atoms with Crippen LogP contribution >= 0.6 is 0 Å². The lowest BCUT2D eigenvalue weighted by Crippen LogP contribution is -2.34. The van der Waals surface area contributed by atoms with Gasteiger partial charge in [0.15, 0.2) is 0 Å². The molecule has 34 heavy (non-hydrogen) atoms. The number of aromatic nitrogens is 2. The molecular weight excluding hydrogens is 432 g/mol. The Labute approximate surface area is 200 Å². The van der Waals surface area contributed by atoms with Crippen molar-refractivity contribution in [1.29, 1.82) is 0 Å². The maximum atomic E-state index is 12.5. The molecule has 182 valence electrons. The molecule has 1 aromatic heterocycles. The molecule has 0 spiro atoms. The van der Waals surface area contributed by atoms with Crippen molar-refractivity contribution in [3.63, 3.8) is 0 Å². The fourth-order valence-electron chi connectivity index (χ4n) is 4.99. The molecule has 1 aromatic carbocycles. The van der Waals surface area contributed by atoms with Crippen molar-refractivity contribution in [3.05, 3.63) is 50.7 Å². The molecule has 2 N–H and O–H groups in total. The number of hydrogen-bond donors (Lipinski definition) is 2. The minimum absolute atomic E-state index is 0.0268. The minimum atomic E-state index is -0.450. The second-order valence-corrected chi connectivity index (χ2v) is 9.73. The Morgan fingerprint density at radius 3 is 2.59 bits per heavy atom. The Morgan fingerprint density at radius 1 is 1.15 bits per heavy atom. The summed E-state index contributed by atoms with van der Waals surface area (Å²) in [6, 6.07) is 4.93. The maximum Gasteiger partial charge on any atom is 0.273 e. The summed E-state index contributed by atoms with van der Waals surface area (Å²) in [4.78, 5) is 34.9. The quantitative estimate of drug-likeness (QED) is 0.468. The molecule has 0 unspecified atom stereocenters. The molecule has 2 aliphatic carbocycles. The lowest BCUT2D eigenvalue weighted by molar-refractivity contribution is -0.385. The summed E-state index contributed by atoms with van der Waals surface area (Å²) in [7, 11) is 4.07. The summed E-state index contributed by atoms with van der Waals surface area (Å²) in [5.74, 6) is 1.88. The van der Waals surface area contributed by atoms with Gasteiger partial charge >= 0.3 is 0 Å². The number of nitrogens with one attached hydrogen (secondary N) is 2. The van der Waals surface area contributed by atoms with Crippen LogP contribution in [-0.2, 0) is 12.8 Å². The summed E-state index contributed by atoms with van der Waals surface area (Å²) in [5.41, 5.74) is 3.32. The molecule has 4 rings (SSSR count). The van der Waals surface area contributed by atoms with E-state index in [2.05, 4.69) is 15.5 Å². The molecule has 0 saturated heterocycles. The van der Waals surface area contributed by atoms with E-state index in [1.165, 1.54) is 30.2 Å². The number of nitro groups is 1. The summed E-state index contributed by atoms with van der Waals surface area (Å²) in [5, 5.41) is 17.7. The fourth-order valence-corrected chi connectivity index (χ4v) is 4.99. The van der Waals surface area contributed by atoms with Gasteiger partial charge in [-0.2, -0.15) is 4.98 Å². The summed E-state index contributed by atoms with van der Waals surface area (Å²) < 4.78 is 0. The third kappa shape index (κ3) is 5.46. The second-order valence-electron chi connectivity index (χ2n) is 9.73. The molecule has 2 aliphatic rings. The first kappa shape index (κ1) is 23.9. The third-order valence-electron chi connectivity index (χ3n) is 6.98. The molecule has 9 heteroatoms. The number of carbonyl (C=O) groups excluding carboxylic acids is 1. The Kier molecular flexibility index (Phi) is 7.29. The molecule has 1 fully saturated rings. The zero-order valence-corrected chi connectivity index (χ0v) is 20.3. The molecule has 1 saturated carbocycles. The number of benzene rings is 1. The maximum absolute atomic E-state index is 12.5. The predicted octanol–water partition coefficient (Wildman–Crippen LogP) is 4.04. The number of hydrogen-bond acceptors (Lipinski definition) is 7. The number of amides is 1. The highest BCUT2D eigenvalue weighted by atomic mass is 16.6. The van der Waals surface area contributed by atoms with Crippen molar-refractivity contribution < 1.29 is 9.72 Å². The van der Waals surface area contributed by atoms with Crippen LogP contribution in [0.2, 0.25) is 0 Å². The highest BCUT2D eigenvalue weighted by Crippen LogP contribution is 2.30. The summed E-state index contributed by atoms with van der Waals surface area (Å²) >= 11 is 0. The van der Waals surface area contributed by atoms with Gasteiger partial charge < -0.3 is 15.5 Å². The van der Waals surface area contributed by atoms with Crippen LogP contribution in [0.1, 0.15) is 65.7 Å². The molecule has 0 aliphatic heterocycles. The van der Waals surface area contributed by atoms with E-state index >= 15 is 0 Å². The van der Waals surface area contributed by atoms with Gasteiger partial charge in [-0.05, 0) is 70.3 Å². The summed E-state index contributed by atoms with van der Waals surface area (Å²) in [6.07, 6.45) is 8.44. The molecule has 2 aromatic rings. The van der Waals surface area contributed by atoms with Crippen molar-refractivity contribution in [2.45, 2.75) is 64.3 Å². The van der Waals surface area contributed by atoms with E-state index in [1.54, 1.807) is 19.1 Å². The highest BCUT2D eigenvalue weighted by molar-refractivity contribution is 5.95. The first-order chi connectivity index (χ1) is 16.3. The Morgan fingerprint density at radius 2 is 1.88 bits per heavy atom. The van der Waals surface area contributed by atoms with E-state index in [9.17, 15) is 14.9 Å². The van der Waals surface area contributed by atoms with Crippen LogP contribution in [-0.4, -0.2) is 47.5 Å². The Balaban J connectivity index is 1.30. The normalized spacial score (nSPS) is 19.7. The van der Waals surface area contributed by atoms with E-state index in [4.69, 9.17) is 9.97 Å². The predicted molar refractivity (Wildman–Crippen MR) is 133 cm³/mol. The average molecular weight is 467 g/mol. The van der Waals surface area contributed by atoms with Crippen molar-refractivity contribution in [3.8, 4) is 0 Å². The average Bonchev–Trinajstić information content (AvgIpc) is 2.83. The number of aryl methyl sites for hydroxylation is 2. The topological polar surface area (TPSA) is 113 Å². The second kappa shape index (κ2) is 10.4. The number of fused-ring (bicyclic) bond motifs is 1. The molecular formula is C25H34N6O3. The van der Waals surface area contributed by atoms with Gasteiger partial charge in [-0.3, -0.25) is 14.9 Å². The van der Waals surface area contributed by atoms with Crippen LogP contribution in [0.15, 0.2) is 18.2 Å². The fraction of sp³-hybridized carbons (Fsp3) is 0.560. The highest BCUT2D eigenvalue weighted by Gasteiger charge is 2.25. The Hall–Kier alpha value is -3.23. The van der Waals surface area contributed by atoms with Crippen LogP contribution in [0, 0.1) is 23.0 Å². The standard InChI is InChI=1S/C25H34N6O3/c1-16-8-11-18(14-22(16)31(33)34)24(32)26-15-17-9-12-19(13-10-17)27-25-28-21-7-5-4-6-20(21)23(29-25)30(2)3/h8,11,14,17,19H,4-7,9-10,12-13,15H2,1-3H3,(H,26,32)(H,27,28,29)/t17-,19+. The van der Waals surface area contributed by atoms with Crippen molar-refractivity contribution in [2.75, 3.05) is 30.9 Å². The number of carbonyl (C=O) groups is 1. The van der Waals surface area contributed by atoms with Crippen LogP contribution < -0.4 is 15.5 Å². The van der Waals surface area contributed by atoms with Crippen LogP contribution in [0.3, 0.4) is 0 Å². The van der Waals surface area contributed by atoms with Gasteiger partial charge in [-0.25, -0.2) is 4.98 Å². The van der Waals surface area contributed by atoms with Gasteiger partial charge in [0.2, 0.25) is 5.95 Å². The molecule has 0 radical (unpaired) electrons. The first-order valence-electron chi connectivity index (χ1n) is 12.2. The third-order valence-corrected chi connectivity index (χ3v) is 6.98. The van der Waals surface area contributed by atoms with Crippen molar-refractivity contribution in [1.82, 2.24) is 15.3 Å². The number of nitrogens with zero attached hydrogens (tertiary/aromatic N) is 4. The van der Waals surface area contributed by atoms with E-state index < -0.39 is 4.92 Å². The van der Waals surface area contributed by atoms with Gasteiger partial charge in [0.25, 0.3) is 11.6 Å². The van der Waals surface area contributed by atoms with Gasteiger partial charge in [0.1, 0.15) is 5.82 Å². The molecule has 0 bridgehead atoms. The lowest BCUT2D eigenvalue weighted by atomic mass is 9.86. The van der Waals surface area contributed by atoms with E-state index in [1.807, 2.05) is 14.1 Å². The Bertz CT molecular complexity index is 1060. The van der Waals surface area contributed by atoms with Crippen LogP contribution in [0.4, 0.5) is 17.5 Å². The molecule has 0 atom stereocenters. The largest absolute Gasteiger partial charge is 0.362 e. The lowest BCUT2D eigenvalue weighted by Gasteiger charge is -2.30. The van der Waals surface area contributed by atoms with Gasteiger partial charge in [0, 0.05) is 49.4 Å². The number of nitro benzene ring substituents is 1. The minimum Gasteiger partial charge on any atom is -0.362 e.